The van der Waals surface area contributed by atoms with Crippen LogP contribution in [0.2, 0.25) is 5.02 Å². The van der Waals surface area contributed by atoms with E-state index < -0.39 is 0 Å². The highest BCUT2D eigenvalue weighted by molar-refractivity contribution is 7.98. The summed E-state index contributed by atoms with van der Waals surface area (Å²) in [5.41, 5.74) is 3.54. The van der Waals surface area contributed by atoms with Gasteiger partial charge in [0.25, 0.3) is 5.91 Å². The molecule has 0 fully saturated rings. The molecule has 7 nitrogen and oxygen atoms in total. The van der Waals surface area contributed by atoms with E-state index in [0.717, 1.165) is 22.0 Å². The van der Waals surface area contributed by atoms with Gasteiger partial charge in [0.05, 0.1) is 12.2 Å². The van der Waals surface area contributed by atoms with Crippen molar-refractivity contribution in [2.45, 2.75) is 24.4 Å². The van der Waals surface area contributed by atoms with Gasteiger partial charge in [-0.15, -0.1) is 10.2 Å². The van der Waals surface area contributed by atoms with Gasteiger partial charge in [-0.1, -0.05) is 59.8 Å². The van der Waals surface area contributed by atoms with Crippen molar-refractivity contribution in [3.8, 4) is 17.2 Å². The van der Waals surface area contributed by atoms with Gasteiger partial charge in [0.1, 0.15) is 0 Å². The molecule has 0 radical (unpaired) electrons. The Morgan fingerprint density at radius 1 is 1.06 bits per heavy atom. The van der Waals surface area contributed by atoms with E-state index in [4.69, 9.17) is 21.1 Å². The molecule has 2 heterocycles. The molecule has 4 aromatic rings. The zero-order chi connectivity index (χ0) is 23.5. The quantitative estimate of drug-likeness (QED) is 0.358. The normalized spacial score (nSPS) is 12.1. The largest absolute Gasteiger partial charge is 0.454 e. The number of aryl methyl sites for hydroxylation is 1. The number of para-hydroxylation sites is 1. The lowest BCUT2D eigenvalue weighted by molar-refractivity contribution is 0.0949. The van der Waals surface area contributed by atoms with Gasteiger partial charge >= 0.3 is 0 Å². The van der Waals surface area contributed by atoms with Gasteiger partial charge < -0.3 is 14.8 Å². The van der Waals surface area contributed by atoms with Crippen molar-refractivity contribution in [3.63, 3.8) is 0 Å². The van der Waals surface area contributed by atoms with Gasteiger partial charge in [0.2, 0.25) is 6.79 Å². The molecule has 9 heteroatoms. The summed E-state index contributed by atoms with van der Waals surface area (Å²) in [6.07, 6.45) is 0. The molecule has 0 unspecified atom stereocenters. The maximum Gasteiger partial charge on any atom is 0.251 e. The number of halogens is 1. The molecule has 3 aromatic carbocycles. The Morgan fingerprint density at radius 2 is 1.85 bits per heavy atom. The first kappa shape index (κ1) is 22.3. The number of carbonyl (C=O) groups is 1. The van der Waals surface area contributed by atoms with E-state index in [-0.39, 0.29) is 19.2 Å². The van der Waals surface area contributed by atoms with Crippen LogP contribution >= 0.6 is 23.4 Å². The summed E-state index contributed by atoms with van der Waals surface area (Å²) >= 11 is 7.88. The van der Waals surface area contributed by atoms with E-state index in [2.05, 4.69) is 15.5 Å². The fourth-order valence-corrected chi connectivity index (χ4v) is 4.87. The van der Waals surface area contributed by atoms with Crippen LogP contribution in [-0.4, -0.2) is 27.5 Å². The summed E-state index contributed by atoms with van der Waals surface area (Å²) in [4.78, 5) is 12.8. The maximum absolute atomic E-state index is 12.8. The second-order valence-electron chi connectivity index (χ2n) is 7.65. The minimum Gasteiger partial charge on any atom is -0.454 e. The maximum atomic E-state index is 12.8. The monoisotopic (exact) mass is 492 g/mol. The lowest BCUT2D eigenvalue weighted by atomic mass is 10.2. The number of nitrogens with one attached hydrogen (secondary N) is 1. The van der Waals surface area contributed by atoms with Gasteiger partial charge in [-0.3, -0.25) is 9.36 Å². The first-order valence-electron chi connectivity index (χ1n) is 10.6. The number of fused-ring (bicyclic) bond motifs is 1. The molecule has 0 saturated heterocycles. The summed E-state index contributed by atoms with van der Waals surface area (Å²) in [6, 6.07) is 20.9. The predicted octanol–water partition coefficient (Wildman–Crippen LogP) is 5.18. The molecule has 1 aliphatic heterocycles. The van der Waals surface area contributed by atoms with Crippen molar-refractivity contribution in [2.75, 3.05) is 6.79 Å². The minimum atomic E-state index is -0.233. The number of nitrogens with zero attached hydrogens (tertiary/aromatic N) is 3. The smallest absolute Gasteiger partial charge is 0.251 e. The first-order chi connectivity index (χ1) is 16.6. The van der Waals surface area contributed by atoms with Crippen LogP contribution in [-0.2, 0) is 12.3 Å². The Bertz CT molecular complexity index is 1360. The number of benzene rings is 3. The van der Waals surface area contributed by atoms with Gasteiger partial charge in [0, 0.05) is 16.3 Å². The van der Waals surface area contributed by atoms with E-state index >= 15 is 0 Å². The molecule has 0 atom stereocenters. The molecule has 1 N–H and O–H groups in total. The molecule has 0 spiro atoms. The van der Waals surface area contributed by atoms with Crippen LogP contribution in [0.15, 0.2) is 71.9 Å². The third-order valence-electron chi connectivity index (χ3n) is 5.41. The fraction of sp³-hybridized carbons (Fsp3) is 0.160. The third kappa shape index (κ3) is 4.60. The fourth-order valence-electron chi connectivity index (χ4n) is 3.62. The topological polar surface area (TPSA) is 78.3 Å². The number of rotatable bonds is 7. The van der Waals surface area contributed by atoms with Crippen LogP contribution < -0.4 is 14.8 Å². The van der Waals surface area contributed by atoms with Crippen molar-refractivity contribution in [1.82, 2.24) is 20.1 Å². The first-order valence-corrected chi connectivity index (χ1v) is 12.0. The summed E-state index contributed by atoms with van der Waals surface area (Å²) in [7, 11) is 0. The van der Waals surface area contributed by atoms with Crippen molar-refractivity contribution < 1.29 is 14.3 Å². The van der Waals surface area contributed by atoms with Crippen molar-refractivity contribution >= 4 is 29.3 Å². The van der Waals surface area contributed by atoms with E-state index in [1.165, 1.54) is 0 Å². The number of aromatic nitrogens is 3. The molecule has 1 amide bonds. The van der Waals surface area contributed by atoms with E-state index in [1.807, 2.05) is 60.0 Å². The summed E-state index contributed by atoms with van der Waals surface area (Å²) in [5, 5.41) is 13.2. The Morgan fingerprint density at radius 3 is 2.71 bits per heavy atom. The molecular formula is C25H21ClN4O3S. The summed E-state index contributed by atoms with van der Waals surface area (Å²) in [5.74, 6) is 2.24. The molecule has 0 bridgehead atoms. The van der Waals surface area contributed by atoms with Crippen LogP contribution in [0.4, 0.5) is 0 Å². The molecule has 172 valence electrons. The van der Waals surface area contributed by atoms with Crippen molar-refractivity contribution in [2.24, 2.45) is 0 Å². The molecular weight excluding hydrogens is 472 g/mol. The van der Waals surface area contributed by atoms with Gasteiger partial charge in [0.15, 0.2) is 22.5 Å². The van der Waals surface area contributed by atoms with Crippen molar-refractivity contribution in [1.29, 1.82) is 0 Å². The van der Waals surface area contributed by atoms with Crippen LogP contribution in [0.3, 0.4) is 0 Å². The SMILES string of the molecule is Cc1ccccc1-n1c(CNC(=O)c2ccc3c(c2)OCO3)nnc1SCc1ccccc1Cl. The predicted molar refractivity (Wildman–Crippen MR) is 131 cm³/mol. The van der Waals surface area contributed by atoms with Gasteiger partial charge in [-0.2, -0.15) is 0 Å². The Labute approximate surface area is 206 Å². The number of carbonyl (C=O) groups excluding carboxylic acids is 1. The third-order valence-corrected chi connectivity index (χ3v) is 6.76. The zero-order valence-corrected chi connectivity index (χ0v) is 19.9. The molecule has 0 aliphatic carbocycles. The number of hydrogen-bond donors (Lipinski definition) is 1. The molecule has 1 aliphatic rings. The second-order valence-corrected chi connectivity index (χ2v) is 9.00. The van der Waals surface area contributed by atoms with E-state index in [0.29, 0.717) is 33.7 Å². The Hall–Kier alpha value is -3.49. The lowest BCUT2D eigenvalue weighted by Crippen LogP contribution is -2.24. The molecule has 34 heavy (non-hydrogen) atoms. The average molecular weight is 493 g/mol. The molecule has 0 saturated carbocycles. The standard InChI is InChI=1S/C25H21ClN4O3S/c1-16-6-2-5-9-20(16)30-23(28-29-25(30)34-14-18-7-3-4-8-19(18)26)13-27-24(31)17-10-11-21-22(12-17)33-15-32-21/h2-12H,13-15H2,1H3,(H,27,31). The Kier molecular flexibility index (Phi) is 6.42. The van der Waals surface area contributed by atoms with E-state index in [1.54, 1.807) is 30.0 Å². The number of hydrogen-bond acceptors (Lipinski definition) is 6. The average Bonchev–Trinajstić information content (AvgIpc) is 3.48. The highest BCUT2D eigenvalue weighted by Gasteiger charge is 2.19. The molecule has 5 rings (SSSR count). The Balaban J connectivity index is 1.39. The highest BCUT2D eigenvalue weighted by Crippen LogP contribution is 2.33. The van der Waals surface area contributed by atoms with Gasteiger partial charge in [-0.25, -0.2) is 0 Å². The summed E-state index contributed by atoms with van der Waals surface area (Å²) in [6.45, 7) is 2.41. The number of ether oxygens (including phenoxy) is 2. The molecule has 1 aromatic heterocycles. The minimum absolute atomic E-state index is 0.161. The zero-order valence-electron chi connectivity index (χ0n) is 18.3. The lowest BCUT2D eigenvalue weighted by Gasteiger charge is -2.13. The van der Waals surface area contributed by atoms with Crippen LogP contribution in [0, 0.1) is 6.92 Å². The second kappa shape index (κ2) is 9.79. The number of thioether (sulfide) groups is 1. The summed E-state index contributed by atoms with van der Waals surface area (Å²) < 4.78 is 12.7. The van der Waals surface area contributed by atoms with Gasteiger partial charge in [-0.05, 0) is 48.4 Å². The highest BCUT2D eigenvalue weighted by atomic mass is 35.5. The van der Waals surface area contributed by atoms with Crippen molar-refractivity contribution in [3.05, 3.63) is 94.3 Å². The van der Waals surface area contributed by atoms with Crippen LogP contribution in [0.25, 0.3) is 5.69 Å². The van der Waals surface area contributed by atoms with Crippen LogP contribution in [0.1, 0.15) is 27.3 Å². The van der Waals surface area contributed by atoms with E-state index in [9.17, 15) is 4.79 Å². The van der Waals surface area contributed by atoms with Crippen LogP contribution in [0.5, 0.6) is 11.5 Å². The number of amides is 1.